The van der Waals surface area contributed by atoms with Crippen molar-refractivity contribution in [3.63, 3.8) is 0 Å². The highest BCUT2D eigenvalue weighted by atomic mass is 16.7. The van der Waals surface area contributed by atoms with Crippen molar-refractivity contribution in [3.05, 3.63) is 48.0 Å². The first-order chi connectivity index (χ1) is 12.2. The van der Waals surface area contributed by atoms with E-state index in [1.54, 1.807) is 0 Å². The lowest BCUT2D eigenvalue weighted by atomic mass is 9.88. The maximum Gasteiger partial charge on any atom is 0.231 e. The van der Waals surface area contributed by atoms with Crippen molar-refractivity contribution in [2.75, 3.05) is 31.4 Å². The van der Waals surface area contributed by atoms with Gasteiger partial charge in [0.25, 0.3) is 0 Å². The molecule has 0 saturated carbocycles. The number of piperidine rings is 1. The highest BCUT2D eigenvalue weighted by molar-refractivity contribution is 5.58. The van der Waals surface area contributed by atoms with E-state index in [1.165, 1.54) is 5.56 Å². The maximum atomic E-state index is 6.36. The van der Waals surface area contributed by atoms with Gasteiger partial charge in [-0.15, -0.1) is 0 Å². The van der Waals surface area contributed by atoms with Gasteiger partial charge in [-0.25, -0.2) is 0 Å². The Labute approximate surface area is 148 Å². The summed E-state index contributed by atoms with van der Waals surface area (Å²) in [6, 6.07) is 14.7. The van der Waals surface area contributed by atoms with Crippen LogP contribution >= 0.6 is 0 Å². The minimum absolute atomic E-state index is 0.149. The summed E-state index contributed by atoms with van der Waals surface area (Å²) in [4.78, 5) is 2.34. The Balaban J connectivity index is 1.53. The van der Waals surface area contributed by atoms with E-state index in [2.05, 4.69) is 29.2 Å². The summed E-state index contributed by atoms with van der Waals surface area (Å²) in [7, 11) is 0. The molecule has 4 rings (SSSR count). The number of fused-ring (bicyclic) bond motifs is 1. The molecule has 2 aliphatic heterocycles. The van der Waals surface area contributed by atoms with Crippen LogP contribution in [0.4, 0.5) is 5.69 Å². The minimum Gasteiger partial charge on any atom is -0.494 e. The number of hydrogen-bond donors (Lipinski definition) is 1. The zero-order chi connectivity index (χ0) is 17.2. The quantitative estimate of drug-likeness (QED) is 0.927. The first-order valence-corrected chi connectivity index (χ1v) is 8.86. The Morgan fingerprint density at radius 3 is 2.68 bits per heavy atom. The second kappa shape index (κ2) is 6.84. The number of ether oxygens (including phenoxy) is 3. The van der Waals surface area contributed by atoms with E-state index >= 15 is 0 Å². The predicted molar refractivity (Wildman–Crippen MR) is 97.7 cm³/mol. The summed E-state index contributed by atoms with van der Waals surface area (Å²) >= 11 is 0. The standard InChI is InChI=1S/C20H24N2O3/c1-2-23-18-6-3-14(4-7-18)15-9-16(21)12-22(11-15)17-5-8-19-20(10-17)25-13-24-19/h3-8,10,15-16H,2,9,11-13,21H2,1H3. The smallest absolute Gasteiger partial charge is 0.231 e. The van der Waals surface area contributed by atoms with E-state index in [9.17, 15) is 0 Å². The lowest BCUT2D eigenvalue weighted by molar-refractivity contribution is 0.174. The van der Waals surface area contributed by atoms with Gasteiger partial charge in [-0.1, -0.05) is 12.1 Å². The topological polar surface area (TPSA) is 57.0 Å². The molecule has 0 amide bonds. The van der Waals surface area contributed by atoms with Gasteiger partial charge in [-0.05, 0) is 43.2 Å². The van der Waals surface area contributed by atoms with Crippen molar-refractivity contribution in [2.45, 2.75) is 25.3 Å². The fourth-order valence-electron chi connectivity index (χ4n) is 3.68. The first kappa shape index (κ1) is 16.1. The van der Waals surface area contributed by atoms with Crippen LogP contribution in [-0.4, -0.2) is 32.5 Å². The van der Waals surface area contributed by atoms with Crippen molar-refractivity contribution < 1.29 is 14.2 Å². The zero-order valence-electron chi connectivity index (χ0n) is 14.5. The van der Waals surface area contributed by atoms with Crippen molar-refractivity contribution in [2.24, 2.45) is 5.73 Å². The molecule has 2 aliphatic rings. The summed E-state index contributed by atoms with van der Waals surface area (Å²) < 4.78 is 16.5. The molecule has 0 aromatic heterocycles. The van der Waals surface area contributed by atoms with Gasteiger partial charge in [0.15, 0.2) is 11.5 Å². The molecule has 2 heterocycles. The summed E-state index contributed by atoms with van der Waals surface area (Å²) in [5.41, 5.74) is 8.80. The summed E-state index contributed by atoms with van der Waals surface area (Å²) in [6.07, 6.45) is 0.995. The maximum absolute atomic E-state index is 6.36. The largest absolute Gasteiger partial charge is 0.494 e. The van der Waals surface area contributed by atoms with Gasteiger partial charge in [-0.2, -0.15) is 0 Å². The van der Waals surface area contributed by atoms with Crippen LogP contribution in [0.25, 0.3) is 0 Å². The van der Waals surface area contributed by atoms with E-state index < -0.39 is 0 Å². The van der Waals surface area contributed by atoms with Crippen LogP contribution in [0.1, 0.15) is 24.8 Å². The molecule has 2 N–H and O–H groups in total. The number of benzene rings is 2. The number of anilines is 1. The zero-order valence-corrected chi connectivity index (χ0v) is 14.5. The highest BCUT2D eigenvalue weighted by Gasteiger charge is 2.27. The third-order valence-electron chi connectivity index (χ3n) is 4.87. The molecule has 2 aromatic carbocycles. The Morgan fingerprint density at radius 1 is 1.08 bits per heavy atom. The Hall–Kier alpha value is -2.40. The molecular weight excluding hydrogens is 316 g/mol. The van der Waals surface area contributed by atoms with Crippen LogP contribution in [0.5, 0.6) is 17.2 Å². The number of nitrogens with two attached hydrogens (primary N) is 1. The van der Waals surface area contributed by atoms with E-state index in [1.807, 2.05) is 25.1 Å². The summed E-state index contributed by atoms with van der Waals surface area (Å²) in [6.45, 7) is 4.78. The molecule has 1 saturated heterocycles. The highest BCUT2D eigenvalue weighted by Crippen LogP contribution is 2.37. The van der Waals surface area contributed by atoms with Crippen molar-refractivity contribution in [1.29, 1.82) is 0 Å². The van der Waals surface area contributed by atoms with E-state index in [0.717, 1.165) is 42.4 Å². The van der Waals surface area contributed by atoms with Gasteiger partial charge in [0.05, 0.1) is 6.61 Å². The lowest BCUT2D eigenvalue weighted by Crippen LogP contribution is -2.46. The van der Waals surface area contributed by atoms with Crippen LogP contribution < -0.4 is 24.8 Å². The molecule has 1 fully saturated rings. The average molecular weight is 340 g/mol. The second-order valence-corrected chi connectivity index (χ2v) is 6.64. The molecule has 0 spiro atoms. The fraction of sp³-hybridized carbons (Fsp3) is 0.400. The van der Waals surface area contributed by atoms with Gasteiger partial charge in [-0.3, -0.25) is 0 Å². The molecule has 0 aliphatic carbocycles. The molecular formula is C20H24N2O3. The van der Waals surface area contributed by atoms with Crippen molar-refractivity contribution in [1.82, 2.24) is 0 Å². The molecule has 25 heavy (non-hydrogen) atoms. The molecule has 5 heteroatoms. The van der Waals surface area contributed by atoms with Crippen LogP contribution in [-0.2, 0) is 0 Å². The number of hydrogen-bond acceptors (Lipinski definition) is 5. The van der Waals surface area contributed by atoms with Gasteiger partial charge in [0.1, 0.15) is 5.75 Å². The molecule has 2 aromatic rings. The molecule has 0 radical (unpaired) electrons. The van der Waals surface area contributed by atoms with E-state index in [4.69, 9.17) is 19.9 Å². The Kier molecular flexibility index (Phi) is 4.40. The Morgan fingerprint density at radius 2 is 1.88 bits per heavy atom. The van der Waals surface area contributed by atoms with Gasteiger partial charge >= 0.3 is 0 Å². The van der Waals surface area contributed by atoms with Gasteiger partial charge in [0, 0.05) is 36.8 Å². The van der Waals surface area contributed by atoms with E-state index in [-0.39, 0.29) is 6.04 Å². The van der Waals surface area contributed by atoms with Gasteiger partial charge in [0.2, 0.25) is 6.79 Å². The average Bonchev–Trinajstić information content (AvgIpc) is 3.10. The van der Waals surface area contributed by atoms with Crippen molar-refractivity contribution >= 4 is 5.69 Å². The third kappa shape index (κ3) is 3.37. The second-order valence-electron chi connectivity index (χ2n) is 6.64. The van der Waals surface area contributed by atoms with Gasteiger partial charge < -0.3 is 24.8 Å². The monoisotopic (exact) mass is 340 g/mol. The number of rotatable bonds is 4. The predicted octanol–water partition coefficient (Wildman–Crippen LogP) is 3.14. The Bertz CT molecular complexity index is 732. The normalized spacial score (nSPS) is 22.1. The summed E-state index contributed by atoms with van der Waals surface area (Å²) in [5.74, 6) is 2.95. The first-order valence-electron chi connectivity index (χ1n) is 8.86. The van der Waals surface area contributed by atoms with Crippen LogP contribution in [0, 0.1) is 0 Å². The lowest BCUT2D eigenvalue weighted by Gasteiger charge is -2.38. The molecule has 5 nitrogen and oxygen atoms in total. The van der Waals surface area contributed by atoms with Crippen molar-refractivity contribution in [3.8, 4) is 17.2 Å². The molecule has 2 unspecified atom stereocenters. The number of nitrogens with zero attached hydrogens (tertiary/aromatic N) is 1. The summed E-state index contributed by atoms with van der Waals surface area (Å²) in [5, 5.41) is 0. The fourth-order valence-corrected chi connectivity index (χ4v) is 3.68. The SMILES string of the molecule is CCOc1ccc(C2CC(N)CN(c3ccc4c(c3)OCO4)C2)cc1. The third-order valence-corrected chi connectivity index (χ3v) is 4.87. The molecule has 132 valence electrons. The van der Waals surface area contributed by atoms with Crippen LogP contribution in [0.3, 0.4) is 0 Å². The van der Waals surface area contributed by atoms with E-state index in [0.29, 0.717) is 19.3 Å². The minimum atomic E-state index is 0.149. The van der Waals surface area contributed by atoms with Crippen LogP contribution in [0.15, 0.2) is 42.5 Å². The molecule has 0 bridgehead atoms. The van der Waals surface area contributed by atoms with Crippen LogP contribution in [0.2, 0.25) is 0 Å². The molecule has 2 atom stereocenters.